The third-order valence-electron chi connectivity index (χ3n) is 6.30. The fraction of sp³-hybridized carbons (Fsp3) is 0.519. The maximum atomic E-state index is 13.4. The molecule has 0 heterocycles. The molecule has 0 bridgehead atoms. The Labute approximate surface area is 182 Å². The van der Waals surface area contributed by atoms with Gasteiger partial charge in [0.25, 0.3) is 0 Å². The van der Waals surface area contributed by atoms with Gasteiger partial charge in [-0.05, 0) is 73.3 Å². The number of rotatable bonds is 10. The number of amides is 1. The second-order valence-corrected chi connectivity index (χ2v) is 8.55. The van der Waals surface area contributed by atoms with Gasteiger partial charge in [-0.25, -0.2) is 4.79 Å². The topological polar surface area (TPSA) is 29.5 Å². The third kappa shape index (κ3) is 5.65. The van der Waals surface area contributed by atoms with Crippen molar-refractivity contribution in [1.82, 2.24) is 0 Å². The van der Waals surface area contributed by atoms with Gasteiger partial charge in [-0.1, -0.05) is 70.0 Å². The van der Waals surface area contributed by atoms with Crippen LogP contribution in [0.15, 0.2) is 48.5 Å². The zero-order valence-corrected chi connectivity index (χ0v) is 18.9. The summed E-state index contributed by atoms with van der Waals surface area (Å²) in [5.74, 6) is 0.438. The standard InChI is InChI=1S/C27H37NO2/c1-4-11-23(12-5-2)26(6-3)30-27(29)28(20-21-13-8-7-9-14-21)25-18-17-22-15-10-16-24(22)19-25/h7-9,13-14,17-19,23,26H,4-6,10-12,15-16,20H2,1-3H3/t26-/m0/s1. The van der Waals surface area contributed by atoms with Gasteiger partial charge in [0, 0.05) is 5.69 Å². The highest BCUT2D eigenvalue weighted by atomic mass is 16.6. The first-order valence-electron chi connectivity index (χ1n) is 11.8. The van der Waals surface area contributed by atoms with Crippen molar-refractivity contribution in [2.45, 2.75) is 84.8 Å². The fourth-order valence-corrected chi connectivity index (χ4v) is 4.72. The number of benzene rings is 2. The van der Waals surface area contributed by atoms with E-state index in [0.717, 1.165) is 56.2 Å². The Morgan fingerprint density at radius 3 is 2.33 bits per heavy atom. The maximum Gasteiger partial charge on any atom is 0.414 e. The van der Waals surface area contributed by atoms with Gasteiger partial charge >= 0.3 is 6.09 Å². The molecular formula is C27H37NO2. The van der Waals surface area contributed by atoms with E-state index in [1.54, 1.807) is 0 Å². The van der Waals surface area contributed by atoms with Crippen LogP contribution in [-0.2, 0) is 24.1 Å². The maximum absolute atomic E-state index is 13.4. The van der Waals surface area contributed by atoms with E-state index in [4.69, 9.17) is 4.74 Å². The summed E-state index contributed by atoms with van der Waals surface area (Å²) in [6.07, 6.45) is 8.53. The average molecular weight is 408 g/mol. The van der Waals surface area contributed by atoms with E-state index in [0.29, 0.717) is 12.5 Å². The van der Waals surface area contributed by atoms with Crippen molar-refractivity contribution in [2.24, 2.45) is 5.92 Å². The monoisotopic (exact) mass is 407 g/mol. The van der Waals surface area contributed by atoms with E-state index in [9.17, 15) is 4.79 Å². The van der Waals surface area contributed by atoms with Crippen molar-refractivity contribution in [1.29, 1.82) is 0 Å². The largest absolute Gasteiger partial charge is 0.446 e. The lowest BCUT2D eigenvalue weighted by molar-refractivity contribution is 0.0567. The minimum Gasteiger partial charge on any atom is -0.446 e. The molecule has 30 heavy (non-hydrogen) atoms. The molecule has 0 saturated carbocycles. The van der Waals surface area contributed by atoms with Gasteiger partial charge < -0.3 is 4.74 Å². The lowest BCUT2D eigenvalue weighted by Gasteiger charge is -2.30. The molecule has 0 fully saturated rings. The lowest BCUT2D eigenvalue weighted by Crippen LogP contribution is -2.36. The molecule has 2 aromatic rings. The molecule has 0 N–H and O–H groups in total. The van der Waals surface area contributed by atoms with Gasteiger partial charge in [0.15, 0.2) is 0 Å². The predicted molar refractivity (Wildman–Crippen MR) is 125 cm³/mol. The van der Waals surface area contributed by atoms with Gasteiger partial charge in [0.05, 0.1) is 6.54 Å². The molecule has 3 heteroatoms. The number of hydrogen-bond donors (Lipinski definition) is 0. The normalized spacial score (nSPS) is 13.9. The van der Waals surface area contributed by atoms with Crippen LogP contribution in [0, 0.1) is 5.92 Å². The summed E-state index contributed by atoms with van der Waals surface area (Å²) < 4.78 is 6.16. The van der Waals surface area contributed by atoms with E-state index in [1.165, 1.54) is 17.5 Å². The van der Waals surface area contributed by atoms with Crippen LogP contribution < -0.4 is 4.90 Å². The summed E-state index contributed by atoms with van der Waals surface area (Å²) in [5.41, 5.74) is 4.85. The van der Waals surface area contributed by atoms with Gasteiger partial charge in [-0.3, -0.25) is 4.90 Å². The Kier molecular flexibility index (Phi) is 8.36. The van der Waals surface area contributed by atoms with Crippen molar-refractivity contribution >= 4 is 11.8 Å². The molecule has 1 aliphatic carbocycles. The first-order chi connectivity index (χ1) is 14.7. The van der Waals surface area contributed by atoms with Crippen LogP contribution >= 0.6 is 0 Å². The molecule has 1 aliphatic rings. The molecule has 0 saturated heterocycles. The molecule has 0 unspecified atom stereocenters. The molecule has 1 atom stereocenters. The smallest absolute Gasteiger partial charge is 0.414 e. The van der Waals surface area contributed by atoms with E-state index in [-0.39, 0.29) is 12.2 Å². The SMILES string of the molecule is CCCC(CCC)[C@H](CC)OC(=O)N(Cc1ccccc1)c1ccc2c(c1)CCC2. The summed E-state index contributed by atoms with van der Waals surface area (Å²) in [5, 5.41) is 0. The van der Waals surface area contributed by atoms with E-state index >= 15 is 0 Å². The molecule has 0 radical (unpaired) electrons. The zero-order chi connectivity index (χ0) is 21.3. The van der Waals surface area contributed by atoms with Crippen LogP contribution in [0.2, 0.25) is 0 Å². The number of hydrogen-bond acceptors (Lipinski definition) is 2. The van der Waals surface area contributed by atoms with Crippen LogP contribution in [0.25, 0.3) is 0 Å². The molecule has 0 spiro atoms. The highest BCUT2D eigenvalue weighted by molar-refractivity contribution is 5.88. The highest BCUT2D eigenvalue weighted by Gasteiger charge is 2.27. The second-order valence-electron chi connectivity index (χ2n) is 8.55. The second kappa shape index (κ2) is 11.2. The van der Waals surface area contributed by atoms with Crippen LogP contribution in [0.5, 0.6) is 0 Å². The first-order valence-corrected chi connectivity index (χ1v) is 11.8. The number of carbonyl (C=O) groups excluding carboxylic acids is 1. The average Bonchev–Trinajstić information content (AvgIpc) is 3.24. The molecule has 2 aromatic carbocycles. The third-order valence-corrected chi connectivity index (χ3v) is 6.30. The summed E-state index contributed by atoms with van der Waals surface area (Å²) in [4.78, 5) is 15.3. The van der Waals surface area contributed by atoms with Gasteiger partial charge in [0.2, 0.25) is 0 Å². The van der Waals surface area contributed by atoms with Crippen molar-refractivity contribution in [3.8, 4) is 0 Å². The molecule has 3 rings (SSSR count). The minimum absolute atomic E-state index is 0.0231. The molecule has 0 aliphatic heterocycles. The first kappa shape index (κ1) is 22.4. The Hall–Kier alpha value is -2.29. The molecular weight excluding hydrogens is 370 g/mol. The zero-order valence-electron chi connectivity index (χ0n) is 18.9. The number of aryl methyl sites for hydroxylation is 2. The number of anilines is 1. The van der Waals surface area contributed by atoms with Gasteiger partial charge in [-0.15, -0.1) is 0 Å². The van der Waals surface area contributed by atoms with E-state index in [1.807, 2.05) is 23.1 Å². The Balaban J connectivity index is 1.84. The van der Waals surface area contributed by atoms with Crippen LogP contribution in [0.4, 0.5) is 10.5 Å². The minimum atomic E-state index is -0.221. The molecule has 3 nitrogen and oxygen atoms in total. The summed E-state index contributed by atoms with van der Waals surface area (Å²) in [6.45, 7) is 7.08. The quantitative estimate of drug-likeness (QED) is 0.413. The van der Waals surface area contributed by atoms with Crippen molar-refractivity contribution in [3.63, 3.8) is 0 Å². The number of ether oxygens (including phenoxy) is 1. The molecule has 1 amide bonds. The van der Waals surface area contributed by atoms with Crippen LogP contribution in [0.3, 0.4) is 0 Å². The Morgan fingerprint density at radius 1 is 0.967 bits per heavy atom. The summed E-state index contributed by atoms with van der Waals surface area (Å²) >= 11 is 0. The number of nitrogens with zero attached hydrogens (tertiary/aromatic N) is 1. The Morgan fingerprint density at radius 2 is 1.67 bits per heavy atom. The predicted octanol–water partition coefficient (Wildman–Crippen LogP) is 7.31. The lowest BCUT2D eigenvalue weighted by atomic mass is 9.91. The summed E-state index contributed by atoms with van der Waals surface area (Å²) in [7, 11) is 0. The van der Waals surface area contributed by atoms with Crippen molar-refractivity contribution in [3.05, 3.63) is 65.2 Å². The highest BCUT2D eigenvalue weighted by Crippen LogP contribution is 2.29. The van der Waals surface area contributed by atoms with Gasteiger partial charge in [0.1, 0.15) is 6.10 Å². The van der Waals surface area contributed by atoms with E-state index in [2.05, 4.69) is 51.1 Å². The van der Waals surface area contributed by atoms with Crippen LogP contribution in [0.1, 0.15) is 76.0 Å². The molecule has 162 valence electrons. The number of fused-ring (bicyclic) bond motifs is 1. The fourth-order valence-electron chi connectivity index (χ4n) is 4.72. The van der Waals surface area contributed by atoms with Gasteiger partial charge in [-0.2, -0.15) is 0 Å². The van der Waals surface area contributed by atoms with E-state index < -0.39 is 0 Å². The summed E-state index contributed by atoms with van der Waals surface area (Å²) in [6, 6.07) is 16.7. The van der Waals surface area contributed by atoms with Crippen molar-refractivity contribution in [2.75, 3.05) is 4.90 Å². The van der Waals surface area contributed by atoms with Crippen molar-refractivity contribution < 1.29 is 9.53 Å². The van der Waals surface area contributed by atoms with Crippen LogP contribution in [-0.4, -0.2) is 12.2 Å². The number of carbonyl (C=O) groups is 1. The molecule has 0 aromatic heterocycles. The Bertz CT molecular complexity index is 796.